The Labute approximate surface area is 188 Å². The van der Waals surface area contributed by atoms with E-state index in [2.05, 4.69) is 13.0 Å². The number of aliphatic hydroxyl groups is 1. The lowest BCUT2D eigenvalue weighted by molar-refractivity contribution is -0.144. The summed E-state index contributed by atoms with van der Waals surface area (Å²) in [5.74, 6) is -1.28. The van der Waals surface area contributed by atoms with Crippen molar-refractivity contribution in [1.82, 2.24) is 14.7 Å². The fourth-order valence-corrected chi connectivity index (χ4v) is 7.61. The van der Waals surface area contributed by atoms with Gasteiger partial charge in [-0.1, -0.05) is 44.6 Å². The third-order valence-corrected chi connectivity index (χ3v) is 8.69. The van der Waals surface area contributed by atoms with Gasteiger partial charge in [-0.05, 0) is 12.8 Å². The first-order chi connectivity index (χ1) is 15.0. The molecule has 2 saturated heterocycles. The van der Waals surface area contributed by atoms with Crippen LogP contribution in [-0.2, 0) is 14.4 Å². The Kier molecular flexibility index (Phi) is 6.49. The van der Waals surface area contributed by atoms with E-state index < -0.39 is 22.6 Å². The lowest BCUT2D eigenvalue weighted by atomic mass is 9.78. The molecular weight excluding hydrogens is 414 g/mol. The van der Waals surface area contributed by atoms with E-state index in [4.69, 9.17) is 0 Å². The SMILES string of the molecule is CCCCN1CC=C[C@]23S[C@@H]4C=CCN(CCC)C(=O)[C@@H]4[C@H]2C(=O)N(CCO)C3C1=O. The molecule has 0 aromatic heterocycles. The quantitative estimate of drug-likeness (QED) is 0.595. The Morgan fingerprint density at radius 3 is 2.45 bits per heavy atom. The van der Waals surface area contributed by atoms with Crippen molar-refractivity contribution < 1.29 is 19.5 Å². The number of thioether (sulfide) groups is 1. The van der Waals surface area contributed by atoms with Gasteiger partial charge in [-0.3, -0.25) is 14.4 Å². The van der Waals surface area contributed by atoms with Gasteiger partial charge in [0, 0.05) is 38.0 Å². The van der Waals surface area contributed by atoms with Gasteiger partial charge in [-0.25, -0.2) is 0 Å². The van der Waals surface area contributed by atoms with E-state index in [-0.39, 0.29) is 36.1 Å². The van der Waals surface area contributed by atoms with Crippen molar-refractivity contribution in [3.63, 3.8) is 0 Å². The van der Waals surface area contributed by atoms with E-state index in [1.807, 2.05) is 35.0 Å². The molecule has 0 aromatic carbocycles. The van der Waals surface area contributed by atoms with E-state index in [1.165, 1.54) is 0 Å². The van der Waals surface area contributed by atoms with Crippen LogP contribution in [-0.4, -0.2) is 92.9 Å². The number of unbranched alkanes of at least 4 members (excludes halogenated alkanes) is 1. The van der Waals surface area contributed by atoms with E-state index in [0.717, 1.165) is 19.3 Å². The molecule has 0 saturated carbocycles. The average Bonchev–Trinajstić information content (AvgIpc) is 3.06. The van der Waals surface area contributed by atoms with Crippen molar-refractivity contribution in [2.75, 3.05) is 39.3 Å². The second-order valence-electron chi connectivity index (χ2n) is 8.85. The second-order valence-corrected chi connectivity index (χ2v) is 10.3. The fraction of sp³-hybridized carbons (Fsp3) is 0.696. The highest BCUT2D eigenvalue weighted by molar-refractivity contribution is 8.02. The average molecular weight is 448 g/mol. The van der Waals surface area contributed by atoms with E-state index >= 15 is 0 Å². The van der Waals surface area contributed by atoms with Crippen LogP contribution < -0.4 is 0 Å². The van der Waals surface area contributed by atoms with Crippen molar-refractivity contribution in [1.29, 1.82) is 0 Å². The van der Waals surface area contributed by atoms with E-state index in [0.29, 0.717) is 26.2 Å². The molecule has 1 unspecified atom stereocenters. The fourth-order valence-electron chi connectivity index (χ4n) is 5.60. The Hall–Kier alpha value is -1.80. The molecular formula is C23H33N3O4S. The van der Waals surface area contributed by atoms with E-state index in [1.54, 1.807) is 16.7 Å². The van der Waals surface area contributed by atoms with Crippen molar-refractivity contribution in [3.05, 3.63) is 24.3 Å². The number of β-amino-alcohol motifs (C(OH)–C–C–N with tert-alkyl or cyclic N) is 1. The molecule has 31 heavy (non-hydrogen) atoms. The Morgan fingerprint density at radius 1 is 1.00 bits per heavy atom. The molecule has 4 aliphatic rings. The predicted octanol–water partition coefficient (Wildman–Crippen LogP) is 1.28. The zero-order valence-electron chi connectivity index (χ0n) is 18.4. The molecule has 1 N–H and O–H groups in total. The van der Waals surface area contributed by atoms with E-state index in [9.17, 15) is 19.5 Å². The summed E-state index contributed by atoms with van der Waals surface area (Å²) in [6.45, 7) is 6.45. The maximum atomic E-state index is 13.7. The lowest BCUT2D eigenvalue weighted by Crippen LogP contribution is -2.53. The molecule has 7 nitrogen and oxygen atoms in total. The number of carbonyl (C=O) groups is 3. The molecule has 2 fully saturated rings. The van der Waals surface area contributed by atoms with Crippen molar-refractivity contribution in [3.8, 4) is 0 Å². The second kappa shape index (κ2) is 8.98. The molecule has 4 aliphatic heterocycles. The summed E-state index contributed by atoms with van der Waals surface area (Å²) in [6.07, 6.45) is 10.9. The number of likely N-dealkylation sites (tertiary alicyclic amines) is 1. The van der Waals surface area contributed by atoms with Gasteiger partial charge in [0.05, 0.1) is 23.2 Å². The highest BCUT2D eigenvalue weighted by Gasteiger charge is 2.70. The molecule has 0 bridgehead atoms. The largest absolute Gasteiger partial charge is 0.395 e. The molecule has 1 spiro atoms. The van der Waals surface area contributed by atoms with Gasteiger partial charge in [0.25, 0.3) is 0 Å². The summed E-state index contributed by atoms with van der Waals surface area (Å²) in [5.41, 5.74) is 0. The minimum Gasteiger partial charge on any atom is -0.395 e. The van der Waals surface area contributed by atoms with Gasteiger partial charge in [-0.15, -0.1) is 11.8 Å². The first-order valence-corrected chi connectivity index (χ1v) is 12.4. The van der Waals surface area contributed by atoms with Crippen molar-refractivity contribution in [2.45, 2.75) is 49.1 Å². The van der Waals surface area contributed by atoms with Crippen LogP contribution in [0.2, 0.25) is 0 Å². The number of nitrogens with zero attached hydrogens (tertiary/aromatic N) is 3. The third kappa shape index (κ3) is 3.52. The summed E-state index contributed by atoms with van der Waals surface area (Å²) in [7, 11) is 0. The van der Waals surface area contributed by atoms with Gasteiger partial charge in [0.1, 0.15) is 6.04 Å². The smallest absolute Gasteiger partial charge is 0.247 e. The number of amides is 3. The highest BCUT2D eigenvalue weighted by atomic mass is 32.2. The van der Waals surface area contributed by atoms with Gasteiger partial charge >= 0.3 is 0 Å². The first kappa shape index (κ1) is 22.4. The number of rotatable bonds is 7. The Bertz CT molecular complexity index is 800. The van der Waals surface area contributed by atoms with Crippen LogP contribution in [0, 0.1) is 11.8 Å². The molecule has 0 radical (unpaired) electrons. The summed E-state index contributed by atoms with van der Waals surface area (Å²) < 4.78 is -0.769. The third-order valence-electron chi connectivity index (χ3n) is 6.94. The number of hydrogen-bond acceptors (Lipinski definition) is 5. The van der Waals surface area contributed by atoms with Crippen LogP contribution in [0.5, 0.6) is 0 Å². The number of carbonyl (C=O) groups excluding carboxylic acids is 3. The number of hydrogen-bond donors (Lipinski definition) is 1. The maximum Gasteiger partial charge on any atom is 0.247 e. The highest BCUT2D eigenvalue weighted by Crippen LogP contribution is 2.60. The van der Waals surface area contributed by atoms with Crippen LogP contribution in [0.25, 0.3) is 0 Å². The van der Waals surface area contributed by atoms with Gasteiger partial charge < -0.3 is 19.8 Å². The maximum absolute atomic E-state index is 13.7. The topological polar surface area (TPSA) is 81.2 Å². The van der Waals surface area contributed by atoms with Crippen LogP contribution in [0.15, 0.2) is 24.3 Å². The minimum atomic E-state index is -0.769. The van der Waals surface area contributed by atoms with Crippen molar-refractivity contribution >= 4 is 29.5 Å². The molecule has 4 heterocycles. The number of aliphatic hydroxyl groups excluding tert-OH is 1. The standard InChI is InChI=1S/C23H33N3O4S/c1-3-5-11-25-13-7-9-23-18(21(29)26(14-15-27)19(23)22(25)30)17-16(31-23)8-6-12-24(10-4-2)20(17)28/h6-9,16-19,27H,3-5,10-15H2,1-2H3/t16-,17+,18+,19?,23+/m1/s1. The lowest BCUT2D eigenvalue weighted by Gasteiger charge is -2.35. The Morgan fingerprint density at radius 2 is 1.74 bits per heavy atom. The molecule has 4 rings (SSSR count). The Balaban J connectivity index is 1.76. The predicted molar refractivity (Wildman–Crippen MR) is 120 cm³/mol. The van der Waals surface area contributed by atoms with Gasteiger partial charge in [0.2, 0.25) is 17.7 Å². The molecule has 0 aromatic rings. The molecule has 170 valence electrons. The monoisotopic (exact) mass is 447 g/mol. The minimum absolute atomic E-state index is 0.0112. The number of fused-ring (bicyclic) bond motifs is 2. The normalized spacial score (nSPS) is 34.7. The summed E-state index contributed by atoms with van der Waals surface area (Å²) in [4.78, 5) is 46.2. The van der Waals surface area contributed by atoms with Crippen LogP contribution in [0.4, 0.5) is 0 Å². The zero-order valence-corrected chi connectivity index (χ0v) is 19.2. The van der Waals surface area contributed by atoms with Gasteiger partial charge in [0.15, 0.2) is 0 Å². The molecule has 5 atom stereocenters. The van der Waals surface area contributed by atoms with Crippen molar-refractivity contribution in [2.24, 2.45) is 11.8 Å². The summed E-state index contributed by atoms with van der Waals surface area (Å²) >= 11 is 1.60. The van der Waals surface area contributed by atoms with Crippen LogP contribution in [0.3, 0.4) is 0 Å². The van der Waals surface area contributed by atoms with Crippen LogP contribution >= 0.6 is 11.8 Å². The molecule has 3 amide bonds. The summed E-state index contributed by atoms with van der Waals surface area (Å²) in [6, 6.07) is -0.675. The first-order valence-electron chi connectivity index (χ1n) is 11.5. The zero-order chi connectivity index (χ0) is 22.2. The molecule has 8 heteroatoms. The molecule has 0 aliphatic carbocycles. The summed E-state index contributed by atoms with van der Waals surface area (Å²) in [5, 5.41) is 9.55. The van der Waals surface area contributed by atoms with Gasteiger partial charge in [-0.2, -0.15) is 0 Å². The van der Waals surface area contributed by atoms with Crippen LogP contribution in [0.1, 0.15) is 33.1 Å².